The minimum atomic E-state index is -0.266. The Bertz CT molecular complexity index is 547. The minimum absolute atomic E-state index is 0.0291. The van der Waals surface area contributed by atoms with Crippen LogP contribution in [0, 0.1) is 5.92 Å². The highest BCUT2D eigenvalue weighted by Crippen LogP contribution is 2.27. The molecule has 0 aliphatic carbocycles. The van der Waals surface area contributed by atoms with E-state index in [1.54, 1.807) is 7.11 Å². The van der Waals surface area contributed by atoms with E-state index in [0.29, 0.717) is 13.2 Å². The SMILES string of the molecule is COc1ccc(C(CNC(=O)C2CCCO2)N2CCC(C)CC2)cc1. The van der Waals surface area contributed by atoms with Crippen LogP contribution in [0.15, 0.2) is 24.3 Å². The highest BCUT2D eigenvalue weighted by molar-refractivity contribution is 5.81. The van der Waals surface area contributed by atoms with Gasteiger partial charge in [0.1, 0.15) is 11.9 Å². The van der Waals surface area contributed by atoms with Crippen molar-refractivity contribution in [3.05, 3.63) is 29.8 Å². The molecule has 0 aromatic heterocycles. The van der Waals surface area contributed by atoms with Crippen LogP contribution in [0.5, 0.6) is 5.75 Å². The van der Waals surface area contributed by atoms with Crippen molar-refractivity contribution in [1.82, 2.24) is 10.2 Å². The predicted octanol–water partition coefficient (Wildman–Crippen LogP) is 2.76. The Morgan fingerprint density at radius 1 is 1.28 bits per heavy atom. The number of nitrogens with zero attached hydrogens (tertiary/aromatic N) is 1. The summed E-state index contributed by atoms with van der Waals surface area (Å²) in [6.45, 7) is 5.80. The molecule has 2 aliphatic heterocycles. The van der Waals surface area contributed by atoms with Crippen LogP contribution in [-0.2, 0) is 9.53 Å². The number of nitrogens with one attached hydrogen (secondary N) is 1. The molecule has 2 aliphatic rings. The first-order valence-electron chi connectivity index (χ1n) is 9.44. The van der Waals surface area contributed by atoms with Gasteiger partial charge in [0.15, 0.2) is 0 Å². The summed E-state index contributed by atoms with van der Waals surface area (Å²) < 4.78 is 10.8. The lowest BCUT2D eigenvalue weighted by molar-refractivity contribution is -0.130. The molecule has 1 N–H and O–H groups in total. The molecule has 0 radical (unpaired) electrons. The first-order valence-corrected chi connectivity index (χ1v) is 9.44. The molecule has 2 saturated heterocycles. The Hall–Kier alpha value is -1.59. The number of piperidine rings is 1. The van der Waals surface area contributed by atoms with Crippen LogP contribution >= 0.6 is 0 Å². The van der Waals surface area contributed by atoms with Crippen molar-refractivity contribution in [2.24, 2.45) is 5.92 Å². The lowest BCUT2D eigenvalue weighted by atomic mass is 9.95. The highest BCUT2D eigenvalue weighted by Gasteiger charge is 2.28. The zero-order valence-corrected chi connectivity index (χ0v) is 15.4. The van der Waals surface area contributed by atoms with Crippen molar-refractivity contribution in [1.29, 1.82) is 0 Å². The monoisotopic (exact) mass is 346 g/mol. The Morgan fingerprint density at radius 2 is 2.00 bits per heavy atom. The van der Waals surface area contributed by atoms with E-state index in [9.17, 15) is 4.79 Å². The van der Waals surface area contributed by atoms with Crippen molar-refractivity contribution in [2.75, 3.05) is 33.4 Å². The van der Waals surface area contributed by atoms with Gasteiger partial charge in [-0.2, -0.15) is 0 Å². The standard InChI is InChI=1S/C20H30N2O3/c1-15-9-11-22(12-10-15)18(16-5-7-17(24-2)8-6-16)14-21-20(23)19-4-3-13-25-19/h5-8,15,18-19H,3-4,9-14H2,1-2H3,(H,21,23). The third-order valence-corrected chi connectivity index (χ3v) is 5.45. The zero-order valence-electron chi connectivity index (χ0n) is 15.4. The number of amides is 1. The summed E-state index contributed by atoms with van der Waals surface area (Å²) in [7, 11) is 1.68. The molecule has 1 aromatic carbocycles. The Morgan fingerprint density at radius 3 is 2.60 bits per heavy atom. The molecule has 2 unspecified atom stereocenters. The molecule has 2 fully saturated rings. The molecular formula is C20H30N2O3. The number of carbonyl (C=O) groups excluding carboxylic acids is 1. The number of methoxy groups -OCH3 is 1. The molecule has 0 bridgehead atoms. The first kappa shape index (κ1) is 18.2. The fourth-order valence-corrected chi connectivity index (χ4v) is 3.72. The zero-order chi connectivity index (χ0) is 17.6. The average Bonchev–Trinajstić information content (AvgIpc) is 3.18. The summed E-state index contributed by atoms with van der Waals surface area (Å²) in [5.41, 5.74) is 1.22. The lowest BCUT2D eigenvalue weighted by Gasteiger charge is -2.37. The Balaban J connectivity index is 1.67. The van der Waals surface area contributed by atoms with E-state index >= 15 is 0 Å². The first-order chi connectivity index (χ1) is 12.2. The van der Waals surface area contributed by atoms with E-state index in [1.807, 2.05) is 12.1 Å². The number of hydrogen-bond donors (Lipinski definition) is 1. The smallest absolute Gasteiger partial charge is 0.249 e. The van der Waals surface area contributed by atoms with E-state index in [-0.39, 0.29) is 18.1 Å². The summed E-state index contributed by atoms with van der Waals surface area (Å²) in [6, 6.07) is 8.41. The fraction of sp³-hybridized carbons (Fsp3) is 0.650. The Kier molecular flexibility index (Phi) is 6.32. The maximum absolute atomic E-state index is 12.3. The fourth-order valence-electron chi connectivity index (χ4n) is 3.72. The van der Waals surface area contributed by atoms with Gasteiger partial charge in [-0.05, 0) is 62.4 Å². The van der Waals surface area contributed by atoms with E-state index in [0.717, 1.165) is 37.6 Å². The molecule has 5 heteroatoms. The van der Waals surface area contributed by atoms with Crippen LogP contribution in [0.2, 0.25) is 0 Å². The third-order valence-electron chi connectivity index (χ3n) is 5.45. The van der Waals surface area contributed by atoms with Gasteiger partial charge in [0, 0.05) is 13.2 Å². The minimum Gasteiger partial charge on any atom is -0.497 e. The number of rotatable bonds is 6. The van der Waals surface area contributed by atoms with Gasteiger partial charge in [-0.1, -0.05) is 19.1 Å². The van der Waals surface area contributed by atoms with E-state index < -0.39 is 0 Å². The second kappa shape index (κ2) is 8.68. The summed E-state index contributed by atoms with van der Waals surface area (Å²) >= 11 is 0. The maximum Gasteiger partial charge on any atom is 0.249 e. The van der Waals surface area contributed by atoms with Crippen LogP contribution in [0.1, 0.15) is 44.2 Å². The molecule has 2 atom stereocenters. The van der Waals surface area contributed by atoms with Gasteiger partial charge in [-0.25, -0.2) is 0 Å². The van der Waals surface area contributed by atoms with Gasteiger partial charge in [0.05, 0.1) is 13.2 Å². The number of ether oxygens (including phenoxy) is 2. The second-order valence-corrected chi connectivity index (χ2v) is 7.25. The molecule has 1 amide bonds. The largest absolute Gasteiger partial charge is 0.497 e. The summed E-state index contributed by atoms with van der Waals surface area (Å²) in [4.78, 5) is 14.8. The van der Waals surface area contributed by atoms with Crippen LogP contribution in [0.25, 0.3) is 0 Å². The number of benzene rings is 1. The van der Waals surface area contributed by atoms with Crippen LogP contribution in [0.4, 0.5) is 0 Å². The van der Waals surface area contributed by atoms with E-state index in [2.05, 4.69) is 29.3 Å². The summed E-state index contributed by atoms with van der Waals surface area (Å²) in [5.74, 6) is 1.67. The van der Waals surface area contributed by atoms with Gasteiger partial charge in [-0.3, -0.25) is 9.69 Å². The summed E-state index contributed by atoms with van der Waals surface area (Å²) in [5, 5.41) is 3.12. The highest BCUT2D eigenvalue weighted by atomic mass is 16.5. The summed E-state index contributed by atoms with van der Waals surface area (Å²) in [6.07, 6.45) is 3.97. The normalized spacial score (nSPS) is 23.4. The van der Waals surface area contributed by atoms with Crippen molar-refractivity contribution >= 4 is 5.91 Å². The van der Waals surface area contributed by atoms with Crippen molar-refractivity contribution in [2.45, 2.75) is 44.8 Å². The van der Waals surface area contributed by atoms with Gasteiger partial charge < -0.3 is 14.8 Å². The third kappa shape index (κ3) is 4.73. The molecular weight excluding hydrogens is 316 g/mol. The van der Waals surface area contributed by atoms with E-state index in [4.69, 9.17) is 9.47 Å². The average molecular weight is 346 g/mol. The molecule has 1 aromatic rings. The number of likely N-dealkylation sites (tertiary alicyclic amines) is 1. The topological polar surface area (TPSA) is 50.8 Å². The molecule has 138 valence electrons. The van der Waals surface area contributed by atoms with Crippen molar-refractivity contribution in [3.8, 4) is 5.75 Å². The van der Waals surface area contributed by atoms with Crippen molar-refractivity contribution < 1.29 is 14.3 Å². The number of hydrogen-bond acceptors (Lipinski definition) is 4. The number of carbonyl (C=O) groups is 1. The molecule has 2 heterocycles. The van der Waals surface area contributed by atoms with Crippen LogP contribution in [-0.4, -0.2) is 50.3 Å². The second-order valence-electron chi connectivity index (χ2n) is 7.25. The predicted molar refractivity (Wildman–Crippen MR) is 97.7 cm³/mol. The molecule has 0 saturated carbocycles. The van der Waals surface area contributed by atoms with Crippen molar-refractivity contribution in [3.63, 3.8) is 0 Å². The van der Waals surface area contributed by atoms with Gasteiger partial charge in [-0.15, -0.1) is 0 Å². The maximum atomic E-state index is 12.3. The van der Waals surface area contributed by atoms with E-state index in [1.165, 1.54) is 18.4 Å². The molecule has 5 nitrogen and oxygen atoms in total. The quantitative estimate of drug-likeness (QED) is 0.860. The molecule has 0 spiro atoms. The van der Waals surface area contributed by atoms with Gasteiger partial charge in [0.25, 0.3) is 0 Å². The molecule has 3 rings (SSSR count). The lowest BCUT2D eigenvalue weighted by Crippen LogP contribution is -2.44. The molecule has 25 heavy (non-hydrogen) atoms. The van der Waals surface area contributed by atoms with Gasteiger partial charge >= 0.3 is 0 Å². The Labute approximate surface area is 150 Å². The van der Waals surface area contributed by atoms with Crippen LogP contribution in [0.3, 0.4) is 0 Å². The van der Waals surface area contributed by atoms with Crippen LogP contribution < -0.4 is 10.1 Å². The van der Waals surface area contributed by atoms with Gasteiger partial charge in [0.2, 0.25) is 5.91 Å².